The molecule has 0 spiro atoms. The first kappa shape index (κ1) is 15.4. The predicted octanol–water partition coefficient (Wildman–Crippen LogP) is 1.19. The smallest absolute Gasteiger partial charge is 0.336 e. The van der Waals surface area contributed by atoms with Gasteiger partial charge < -0.3 is 24.5 Å². The first-order valence-corrected chi connectivity index (χ1v) is 6.54. The molecule has 112 valence electrons. The molecule has 0 fully saturated rings. The van der Waals surface area contributed by atoms with E-state index in [0.717, 1.165) is 5.39 Å². The van der Waals surface area contributed by atoms with Crippen molar-refractivity contribution in [2.24, 2.45) is 0 Å². The van der Waals surface area contributed by atoms with Gasteiger partial charge in [-0.3, -0.25) is 0 Å². The number of hydrogen-bond acceptors (Lipinski definition) is 7. The van der Waals surface area contributed by atoms with Crippen molar-refractivity contribution in [3.8, 4) is 0 Å². The lowest BCUT2D eigenvalue weighted by atomic mass is 10.2. The topological polar surface area (TPSA) is 100 Å². The zero-order valence-electron chi connectivity index (χ0n) is 10.8. The number of ether oxygens (including phenoxy) is 1. The fourth-order valence-electron chi connectivity index (χ4n) is 1.72. The van der Waals surface area contributed by atoms with Crippen LogP contribution in [-0.2, 0) is 4.74 Å². The number of para-hydroxylation sites is 1. The van der Waals surface area contributed by atoms with Crippen LogP contribution in [0.5, 0.6) is 0 Å². The molecule has 7 heteroatoms. The molecular weight excluding hydrogens is 296 g/mol. The van der Waals surface area contributed by atoms with E-state index >= 15 is 0 Å². The van der Waals surface area contributed by atoms with Crippen LogP contribution in [0.15, 0.2) is 56.5 Å². The molecule has 0 aliphatic carbocycles. The van der Waals surface area contributed by atoms with Crippen LogP contribution in [-0.4, -0.2) is 34.1 Å². The Morgan fingerprint density at radius 1 is 1.19 bits per heavy atom. The molecule has 0 radical (unpaired) electrons. The van der Waals surface area contributed by atoms with Gasteiger partial charge in [-0.15, -0.1) is 12.6 Å². The van der Waals surface area contributed by atoms with Gasteiger partial charge in [-0.1, -0.05) is 18.2 Å². The van der Waals surface area contributed by atoms with Gasteiger partial charge >= 0.3 is 5.63 Å². The van der Waals surface area contributed by atoms with Gasteiger partial charge in [0.05, 0.1) is 6.61 Å². The summed E-state index contributed by atoms with van der Waals surface area (Å²) in [4.78, 5) is 10.7. The monoisotopic (exact) mass is 310 g/mol. The summed E-state index contributed by atoms with van der Waals surface area (Å²) in [7, 11) is 0. The van der Waals surface area contributed by atoms with E-state index in [1.807, 2.05) is 18.2 Å². The minimum absolute atomic E-state index is 0.0217. The minimum Gasteiger partial charge on any atom is -0.506 e. The van der Waals surface area contributed by atoms with E-state index in [0.29, 0.717) is 5.58 Å². The fourth-order valence-corrected chi connectivity index (χ4v) is 1.99. The molecule has 6 nitrogen and oxygen atoms in total. The largest absolute Gasteiger partial charge is 0.506 e. The van der Waals surface area contributed by atoms with Gasteiger partial charge in [-0.05, 0) is 12.1 Å². The molecule has 1 aromatic carbocycles. The third-order valence-electron chi connectivity index (χ3n) is 2.82. The van der Waals surface area contributed by atoms with Crippen LogP contribution in [0.25, 0.3) is 11.0 Å². The molecular formula is C14H14O6S. The first-order valence-electron chi connectivity index (χ1n) is 6.09. The fraction of sp³-hybridized carbons (Fsp3) is 0.214. The molecule has 0 bridgehead atoms. The lowest BCUT2D eigenvalue weighted by Crippen LogP contribution is -2.27. The molecule has 3 N–H and O–H groups in total. The van der Waals surface area contributed by atoms with Crippen molar-refractivity contribution in [2.45, 2.75) is 12.2 Å². The number of hydrogen-bond donors (Lipinski definition) is 4. The molecule has 3 rings (SSSR count). The van der Waals surface area contributed by atoms with Crippen LogP contribution in [0.4, 0.5) is 0 Å². The van der Waals surface area contributed by atoms with Crippen molar-refractivity contribution >= 4 is 23.6 Å². The van der Waals surface area contributed by atoms with E-state index in [9.17, 15) is 4.79 Å². The van der Waals surface area contributed by atoms with Gasteiger partial charge in [0.25, 0.3) is 0 Å². The number of thiol groups is 1. The quantitative estimate of drug-likeness (QED) is 0.466. The van der Waals surface area contributed by atoms with Gasteiger partial charge in [-0.25, -0.2) is 4.79 Å². The molecule has 2 aromatic rings. The molecule has 0 unspecified atom stereocenters. The summed E-state index contributed by atoms with van der Waals surface area (Å²) < 4.78 is 9.63. The molecule has 0 saturated carbocycles. The Morgan fingerprint density at radius 2 is 1.90 bits per heavy atom. The van der Waals surface area contributed by atoms with E-state index in [2.05, 4.69) is 12.6 Å². The molecule has 0 saturated heterocycles. The molecule has 1 aliphatic heterocycles. The summed E-state index contributed by atoms with van der Waals surface area (Å²) >= 11 is 3.70. The molecule has 2 atom stereocenters. The second-order valence-corrected chi connectivity index (χ2v) is 4.67. The highest BCUT2D eigenvalue weighted by atomic mass is 32.1. The number of rotatable bonds is 1. The van der Waals surface area contributed by atoms with Gasteiger partial charge in [0.1, 0.15) is 5.58 Å². The normalized spacial score (nSPS) is 20.9. The summed E-state index contributed by atoms with van der Waals surface area (Å²) in [5, 5.41) is 27.3. The van der Waals surface area contributed by atoms with Gasteiger partial charge in [0.2, 0.25) is 0 Å². The van der Waals surface area contributed by atoms with Crippen molar-refractivity contribution in [1.29, 1.82) is 0 Å². The highest BCUT2D eigenvalue weighted by Crippen LogP contribution is 2.25. The van der Waals surface area contributed by atoms with Crippen LogP contribution in [0.1, 0.15) is 0 Å². The van der Waals surface area contributed by atoms with Crippen LogP contribution < -0.4 is 5.63 Å². The van der Waals surface area contributed by atoms with Crippen molar-refractivity contribution in [1.82, 2.24) is 0 Å². The number of fused-ring (bicyclic) bond motifs is 1. The average Bonchev–Trinajstić information content (AvgIpc) is 2.75. The summed E-state index contributed by atoms with van der Waals surface area (Å²) in [6.45, 7) is -0.338. The summed E-state index contributed by atoms with van der Waals surface area (Å²) in [6, 6.07) is 10.6. The first-order chi connectivity index (χ1) is 10.0. The number of aliphatic hydroxyl groups is 3. The van der Waals surface area contributed by atoms with E-state index in [1.54, 1.807) is 12.1 Å². The van der Waals surface area contributed by atoms with Crippen LogP contribution in [0.3, 0.4) is 0 Å². The molecule has 0 amide bonds. The van der Waals surface area contributed by atoms with Crippen molar-refractivity contribution in [3.63, 3.8) is 0 Å². The highest BCUT2D eigenvalue weighted by molar-refractivity contribution is 7.84. The van der Waals surface area contributed by atoms with E-state index in [4.69, 9.17) is 24.5 Å². The zero-order chi connectivity index (χ0) is 15.4. The maximum atomic E-state index is 10.7. The SMILES string of the molecule is O=c1ccc2ccccc2o1.OC[C@H]1OC(S)=C(O)[C@H]1O. The predicted molar refractivity (Wildman–Crippen MR) is 79.1 cm³/mol. The highest BCUT2D eigenvalue weighted by Gasteiger charge is 2.33. The van der Waals surface area contributed by atoms with Crippen LogP contribution in [0, 0.1) is 0 Å². The van der Waals surface area contributed by atoms with Gasteiger partial charge in [0.15, 0.2) is 23.1 Å². The Balaban J connectivity index is 0.000000155. The Labute approximate surface area is 125 Å². The van der Waals surface area contributed by atoms with Crippen molar-refractivity contribution in [3.05, 3.63) is 57.7 Å². The summed E-state index contributed by atoms with van der Waals surface area (Å²) in [5.41, 5.74) is 0.337. The average molecular weight is 310 g/mol. The third-order valence-corrected chi connectivity index (χ3v) is 3.16. The molecule has 2 heterocycles. The Kier molecular flexibility index (Phi) is 4.89. The zero-order valence-corrected chi connectivity index (χ0v) is 11.7. The number of benzene rings is 1. The molecule has 1 aliphatic rings. The second-order valence-electron chi connectivity index (χ2n) is 4.27. The maximum Gasteiger partial charge on any atom is 0.336 e. The van der Waals surface area contributed by atoms with Gasteiger partial charge in [-0.2, -0.15) is 0 Å². The summed E-state index contributed by atoms with van der Waals surface area (Å²) in [6.07, 6.45) is -1.91. The Hall–Kier alpha value is -1.96. The number of aliphatic hydroxyl groups excluding tert-OH is 3. The van der Waals surface area contributed by atoms with Crippen LogP contribution in [0.2, 0.25) is 0 Å². The van der Waals surface area contributed by atoms with E-state index in [-0.39, 0.29) is 23.1 Å². The lowest BCUT2D eigenvalue weighted by molar-refractivity contribution is 0.00912. The van der Waals surface area contributed by atoms with Crippen LogP contribution >= 0.6 is 12.6 Å². The maximum absolute atomic E-state index is 10.7. The van der Waals surface area contributed by atoms with E-state index < -0.39 is 12.2 Å². The van der Waals surface area contributed by atoms with E-state index in [1.165, 1.54) is 6.07 Å². The lowest BCUT2D eigenvalue weighted by Gasteiger charge is -2.10. The second kappa shape index (κ2) is 6.66. The third kappa shape index (κ3) is 3.57. The standard InChI is InChI=1S/C9H6O2.C5H8O4S/c10-9-6-5-7-3-1-2-4-8(7)11-9;6-1-2-3(7)4(8)5(10)9-2/h1-6H;2-3,6-8,10H,1H2/t;2-,3+/m.1/s1. The summed E-state index contributed by atoms with van der Waals surface area (Å²) in [5.74, 6) is -0.317. The van der Waals surface area contributed by atoms with Crippen molar-refractivity contribution in [2.75, 3.05) is 6.61 Å². The molecule has 1 aromatic heterocycles. The van der Waals surface area contributed by atoms with Crippen molar-refractivity contribution < 1.29 is 24.5 Å². The Bertz CT molecular complexity index is 708. The minimum atomic E-state index is -1.14. The van der Waals surface area contributed by atoms with Gasteiger partial charge in [0, 0.05) is 11.5 Å². The molecule has 21 heavy (non-hydrogen) atoms. The Morgan fingerprint density at radius 3 is 2.48 bits per heavy atom.